The fourth-order valence-corrected chi connectivity index (χ4v) is 1.56. The van der Waals surface area contributed by atoms with Crippen LogP contribution in [0.1, 0.15) is 19.4 Å². The molecule has 0 saturated carbocycles. The quantitative estimate of drug-likeness (QED) is 0.596. The Bertz CT molecular complexity index is 463. The summed E-state index contributed by atoms with van der Waals surface area (Å²) in [5.41, 5.74) is 0.339. The van der Waals surface area contributed by atoms with Gasteiger partial charge in [0.25, 0.3) is 0 Å². The van der Waals surface area contributed by atoms with Gasteiger partial charge in [-0.15, -0.1) is 0 Å². The van der Waals surface area contributed by atoms with Crippen LogP contribution in [0.15, 0.2) is 35.9 Å². The van der Waals surface area contributed by atoms with E-state index in [-0.39, 0.29) is 17.8 Å². The molecular weight excluding hydrogens is 235 g/mol. The second kappa shape index (κ2) is 6.69. The van der Waals surface area contributed by atoms with Gasteiger partial charge in [0.1, 0.15) is 6.67 Å². The Morgan fingerprint density at radius 3 is 2.28 bits per heavy atom. The van der Waals surface area contributed by atoms with Crippen molar-refractivity contribution in [2.24, 2.45) is 0 Å². The lowest BCUT2D eigenvalue weighted by atomic mass is 9.98. The predicted octanol–water partition coefficient (Wildman–Crippen LogP) is 2.56. The van der Waals surface area contributed by atoms with E-state index >= 15 is 0 Å². The molecule has 0 N–H and O–H groups in total. The highest BCUT2D eigenvalue weighted by Gasteiger charge is 2.21. The van der Waals surface area contributed by atoms with Gasteiger partial charge in [0, 0.05) is 5.57 Å². The predicted molar refractivity (Wildman–Crippen MR) is 66.7 cm³/mol. The van der Waals surface area contributed by atoms with E-state index in [1.165, 1.54) is 6.92 Å². The van der Waals surface area contributed by atoms with Gasteiger partial charge in [-0.05, 0) is 19.4 Å². The van der Waals surface area contributed by atoms with Crippen LogP contribution in [-0.2, 0) is 14.3 Å². The van der Waals surface area contributed by atoms with Crippen molar-refractivity contribution in [3.8, 4) is 0 Å². The molecule has 0 saturated heterocycles. The largest absolute Gasteiger partial charge is 0.462 e. The van der Waals surface area contributed by atoms with Crippen LogP contribution in [0.2, 0.25) is 0 Å². The van der Waals surface area contributed by atoms with Gasteiger partial charge in [-0.25, -0.2) is 9.18 Å². The number of esters is 1. The van der Waals surface area contributed by atoms with Crippen LogP contribution in [-0.4, -0.2) is 25.0 Å². The molecule has 1 rings (SSSR count). The Kier molecular flexibility index (Phi) is 5.24. The Morgan fingerprint density at radius 2 is 1.83 bits per heavy atom. The highest BCUT2D eigenvalue weighted by Crippen LogP contribution is 2.21. The molecule has 0 spiro atoms. The summed E-state index contributed by atoms with van der Waals surface area (Å²) >= 11 is 0. The molecular formula is C14H15FO3. The number of carbonyl (C=O) groups is 2. The van der Waals surface area contributed by atoms with Crippen LogP contribution in [0.3, 0.4) is 0 Å². The zero-order chi connectivity index (χ0) is 13.5. The van der Waals surface area contributed by atoms with Crippen molar-refractivity contribution in [3.63, 3.8) is 0 Å². The molecule has 0 fully saturated rings. The Labute approximate surface area is 105 Å². The first-order valence-electron chi connectivity index (χ1n) is 5.64. The molecule has 0 amide bonds. The smallest absolute Gasteiger partial charge is 0.339 e. The van der Waals surface area contributed by atoms with E-state index in [4.69, 9.17) is 4.74 Å². The normalized spacial score (nSPS) is 11.7. The number of hydrogen-bond acceptors (Lipinski definition) is 3. The van der Waals surface area contributed by atoms with Crippen LogP contribution < -0.4 is 0 Å². The topological polar surface area (TPSA) is 43.4 Å². The molecule has 0 atom stereocenters. The molecule has 1 aromatic carbocycles. The molecule has 18 heavy (non-hydrogen) atoms. The zero-order valence-corrected chi connectivity index (χ0v) is 10.4. The SMILES string of the molecule is CCOC(=O)/C(=C(\CF)C(C)=O)c1ccccc1. The fourth-order valence-electron chi connectivity index (χ4n) is 1.56. The molecule has 0 radical (unpaired) electrons. The number of benzene rings is 1. The minimum absolute atomic E-state index is 0.00690. The molecule has 3 nitrogen and oxygen atoms in total. The monoisotopic (exact) mass is 250 g/mol. The number of hydrogen-bond donors (Lipinski definition) is 0. The zero-order valence-electron chi connectivity index (χ0n) is 10.4. The molecule has 0 bridgehead atoms. The Hall–Kier alpha value is -1.97. The standard InChI is InChI=1S/C14H15FO3/c1-3-18-14(17)13(12(9-15)10(2)16)11-7-5-4-6-8-11/h4-8H,3,9H2,1-2H3/b13-12+. The molecule has 0 aliphatic rings. The molecule has 0 aromatic heterocycles. The van der Waals surface area contributed by atoms with Crippen LogP contribution in [0, 0.1) is 0 Å². The second-order valence-corrected chi connectivity index (χ2v) is 3.63. The van der Waals surface area contributed by atoms with Crippen molar-refractivity contribution in [3.05, 3.63) is 41.5 Å². The minimum Gasteiger partial charge on any atom is -0.462 e. The molecule has 0 aliphatic carbocycles. The summed E-state index contributed by atoms with van der Waals surface area (Å²) in [5, 5.41) is 0. The summed E-state index contributed by atoms with van der Waals surface area (Å²) in [5.74, 6) is -1.14. The maximum atomic E-state index is 13.0. The van der Waals surface area contributed by atoms with E-state index in [0.717, 1.165) is 0 Å². The minimum atomic E-state index is -0.988. The van der Waals surface area contributed by atoms with Crippen molar-refractivity contribution in [2.45, 2.75) is 13.8 Å². The van der Waals surface area contributed by atoms with E-state index in [1.807, 2.05) is 0 Å². The van der Waals surface area contributed by atoms with Gasteiger partial charge in [0.15, 0.2) is 5.78 Å². The Balaban J connectivity index is 3.35. The highest BCUT2D eigenvalue weighted by atomic mass is 19.1. The molecule has 4 heteroatoms. The summed E-state index contributed by atoms with van der Waals surface area (Å²) in [6, 6.07) is 8.49. The first-order valence-corrected chi connectivity index (χ1v) is 5.64. The molecule has 0 heterocycles. The molecule has 0 aliphatic heterocycles. The second-order valence-electron chi connectivity index (χ2n) is 3.63. The molecule has 96 valence electrons. The summed E-state index contributed by atoms with van der Waals surface area (Å²) < 4.78 is 17.8. The number of halogens is 1. The number of carbonyl (C=O) groups excluding carboxylic acids is 2. The lowest BCUT2D eigenvalue weighted by Gasteiger charge is -2.10. The van der Waals surface area contributed by atoms with E-state index in [2.05, 4.69) is 0 Å². The van der Waals surface area contributed by atoms with Gasteiger partial charge < -0.3 is 4.74 Å². The van der Waals surface area contributed by atoms with Crippen molar-refractivity contribution in [2.75, 3.05) is 13.3 Å². The van der Waals surface area contributed by atoms with Gasteiger partial charge in [-0.3, -0.25) is 4.79 Å². The van der Waals surface area contributed by atoms with E-state index in [9.17, 15) is 14.0 Å². The third-order valence-electron chi connectivity index (χ3n) is 2.40. The van der Waals surface area contributed by atoms with Gasteiger partial charge in [-0.2, -0.15) is 0 Å². The van der Waals surface area contributed by atoms with Crippen LogP contribution in [0.4, 0.5) is 4.39 Å². The van der Waals surface area contributed by atoms with Crippen LogP contribution in [0.5, 0.6) is 0 Å². The summed E-state index contributed by atoms with van der Waals surface area (Å²) in [7, 11) is 0. The van der Waals surface area contributed by atoms with Crippen LogP contribution >= 0.6 is 0 Å². The van der Waals surface area contributed by atoms with Gasteiger partial charge in [0.05, 0.1) is 12.2 Å². The number of alkyl halides is 1. The average Bonchev–Trinajstić information content (AvgIpc) is 2.36. The fraction of sp³-hybridized carbons (Fsp3) is 0.286. The number of ether oxygens (including phenoxy) is 1. The van der Waals surface area contributed by atoms with Crippen molar-refractivity contribution in [1.29, 1.82) is 0 Å². The summed E-state index contributed by atoms with van der Waals surface area (Å²) in [6.45, 7) is 2.07. The van der Waals surface area contributed by atoms with Crippen molar-refractivity contribution >= 4 is 17.3 Å². The van der Waals surface area contributed by atoms with Gasteiger partial charge in [-0.1, -0.05) is 30.3 Å². The van der Waals surface area contributed by atoms with E-state index in [1.54, 1.807) is 37.3 Å². The number of ketones is 1. The Morgan fingerprint density at radius 1 is 1.22 bits per heavy atom. The lowest BCUT2D eigenvalue weighted by Crippen LogP contribution is -2.13. The number of Topliss-reactive ketones (excluding diaryl/α,β-unsaturated/α-hetero) is 1. The van der Waals surface area contributed by atoms with Crippen LogP contribution in [0.25, 0.3) is 5.57 Å². The molecule has 1 aromatic rings. The highest BCUT2D eigenvalue weighted by molar-refractivity contribution is 6.23. The van der Waals surface area contributed by atoms with Crippen molar-refractivity contribution < 1.29 is 18.7 Å². The van der Waals surface area contributed by atoms with Gasteiger partial charge in [0.2, 0.25) is 0 Å². The number of rotatable bonds is 5. The average molecular weight is 250 g/mol. The third-order valence-corrected chi connectivity index (χ3v) is 2.40. The number of allylic oxidation sites excluding steroid dienone is 1. The maximum Gasteiger partial charge on any atom is 0.339 e. The molecule has 0 unspecified atom stereocenters. The third kappa shape index (κ3) is 3.26. The van der Waals surface area contributed by atoms with Crippen molar-refractivity contribution in [1.82, 2.24) is 0 Å². The lowest BCUT2D eigenvalue weighted by molar-refractivity contribution is -0.136. The van der Waals surface area contributed by atoms with Gasteiger partial charge >= 0.3 is 5.97 Å². The first kappa shape index (κ1) is 14.1. The van der Waals surface area contributed by atoms with E-state index in [0.29, 0.717) is 5.56 Å². The summed E-state index contributed by atoms with van der Waals surface area (Å²) in [4.78, 5) is 23.2. The summed E-state index contributed by atoms with van der Waals surface area (Å²) in [6.07, 6.45) is 0. The maximum absolute atomic E-state index is 13.0. The first-order chi connectivity index (χ1) is 8.61. The van der Waals surface area contributed by atoms with E-state index < -0.39 is 18.4 Å².